The zero-order chi connectivity index (χ0) is 25.0. The van der Waals surface area contributed by atoms with Gasteiger partial charge in [0.15, 0.2) is 0 Å². The lowest BCUT2D eigenvalue weighted by Crippen LogP contribution is -2.45. The average molecular weight is 482 g/mol. The van der Waals surface area contributed by atoms with Gasteiger partial charge in [0, 0.05) is 19.1 Å². The number of benzene rings is 2. The first kappa shape index (κ1) is 26.7. The summed E-state index contributed by atoms with van der Waals surface area (Å²) in [6, 6.07) is 16.9. The molecule has 1 atom stereocenters. The van der Waals surface area contributed by atoms with Crippen molar-refractivity contribution in [2.24, 2.45) is 5.92 Å². The predicted octanol–water partition coefficient (Wildman–Crippen LogP) is 4.41. The molecule has 0 aromatic heterocycles. The Morgan fingerprint density at radius 1 is 1.03 bits per heavy atom. The number of likely N-dealkylation sites (tertiary alicyclic amines) is 1. The molecule has 1 aliphatic rings. The highest BCUT2D eigenvalue weighted by Gasteiger charge is 2.33. The fraction of sp³-hybridized carbons (Fsp3) is 0.500. The molecular weight excluding hydrogens is 442 g/mol. The van der Waals surface area contributed by atoms with Crippen molar-refractivity contribution in [1.82, 2.24) is 10.2 Å². The third kappa shape index (κ3) is 8.08. The van der Waals surface area contributed by atoms with Crippen molar-refractivity contribution in [2.75, 3.05) is 38.2 Å². The number of hydrogen-bond donors (Lipinski definition) is 2. The van der Waals surface area contributed by atoms with E-state index >= 15 is 0 Å². The summed E-state index contributed by atoms with van der Waals surface area (Å²) in [7, 11) is 0. The Hall–Kier alpha value is -2.90. The van der Waals surface area contributed by atoms with E-state index in [1.54, 1.807) is 0 Å². The molecule has 0 radical (unpaired) electrons. The molecule has 1 aliphatic heterocycles. The van der Waals surface area contributed by atoms with Crippen LogP contribution in [-0.4, -0.2) is 55.7 Å². The molecule has 0 bridgehead atoms. The lowest BCUT2D eigenvalue weighted by Gasteiger charge is -2.36. The molecule has 1 unspecified atom stereocenters. The number of nitrogens with zero attached hydrogens (tertiary/aromatic N) is 1. The Labute approximate surface area is 209 Å². The zero-order valence-corrected chi connectivity index (χ0v) is 21.2. The van der Waals surface area contributed by atoms with Crippen LogP contribution in [0.2, 0.25) is 0 Å². The minimum Gasteiger partial charge on any atom is -0.492 e. The predicted molar refractivity (Wildman–Crippen MR) is 138 cm³/mol. The van der Waals surface area contributed by atoms with Crippen LogP contribution in [-0.2, 0) is 14.3 Å². The van der Waals surface area contributed by atoms with E-state index in [2.05, 4.69) is 15.5 Å². The minimum atomic E-state index is -0.442. The third-order valence-corrected chi connectivity index (χ3v) is 6.15. The maximum Gasteiger partial charge on any atom is 0.246 e. The van der Waals surface area contributed by atoms with E-state index in [4.69, 9.17) is 9.47 Å². The van der Waals surface area contributed by atoms with Crippen molar-refractivity contribution < 1.29 is 19.1 Å². The molecule has 2 N–H and O–H groups in total. The van der Waals surface area contributed by atoms with E-state index in [9.17, 15) is 9.59 Å². The summed E-state index contributed by atoms with van der Waals surface area (Å²) < 4.78 is 11.2. The van der Waals surface area contributed by atoms with Crippen molar-refractivity contribution >= 4 is 17.5 Å². The standard InChI is InChI=1S/C28H39N3O4/c1-4-34-25-14-9-8-13-24(25)30-28(33)26(22-11-6-5-7-12-22)31-18-15-23(16-19-31)27(32)29-17-10-20-35-21(2)3/h5-9,11-14,21,23,26H,4,10,15-20H2,1-3H3,(H,29,32)(H,30,33). The molecule has 1 heterocycles. The zero-order valence-electron chi connectivity index (χ0n) is 21.2. The van der Waals surface area contributed by atoms with Crippen LogP contribution in [0.1, 0.15) is 51.6 Å². The van der Waals surface area contributed by atoms with Crippen LogP contribution in [0, 0.1) is 5.92 Å². The van der Waals surface area contributed by atoms with Crippen molar-refractivity contribution in [3.8, 4) is 5.75 Å². The first-order valence-corrected chi connectivity index (χ1v) is 12.7. The molecule has 7 heteroatoms. The van der Waals surface area contributed by atoms with E-state index in [-0.39, 0.29) is 23.8 Å². The molecule has 1 saturated heterocycles. The second-order valence-corrected chi connectivity index (χ2v) is 9.11. The first-order valence-electron chi connectivity index (χ1n) is 12.7. The number of carbonyl (C=O) groups is 2. The minimum absolute atomic E-state index is 0.0320. The number of nitrogens with one attached hydrogen (secondary N) is 2. The second-order valence-electron chi connectivity index (χ2n) is 9.11. The smallest absolute Gasteiger partial charge is 0.246 e. The van der Waals surface area contributed by atoms with Gasteiger partial charge in [0.1, 0.15) is 11.8 Å². The van der Waals surface area contributed by atoms with Crippen LogP contribution in [0.15, 0.2) is 54.6 Å². The van der Waals surface area contributed by atoms with Gasteiger partial charge in [0.25, 0.3) is 0 Å². The first-order chi connectivity index (χ1) is 17.0. The number of piperidine rings is 1. The van der Waals surface area contributed by atoms with E-state index in [0.29, 0.717) is 44.3 Å². The Kier molecular flexibility index (Phi) is 10.6. The van der Waals surface area contributed by atoms with E-state index < -0.39 is 6.04 Å². The number of amides is 2. The number of rotatable bonds is 12. The fourth-order valence-electron chi connectivity index (χ4n) is 4.38. The molecule has 1 fully saturated rings. The molecular formula is C28H39N3O4. The van der Waals surface area contributed by atoms with Crippen molar-refractivity contribution in [1.29, 1.82) is 0 Å². The maximum absolute atomic E-state index is 13.5. The van der Waals surface area contributed by atoms with Crippen molar-refractivity contribution in [3.05, 3.63) is 60.2 Å². The topological polar surface area (TPSA) is 79.9 Å². The van der Waals surface area contributed by atoms with Crippen LogP contribution in [0.3, 0.4) is 0 Å². The number of carbonyl (C=O) groups excluding carboxylic acids is 2. The largest absolute Gasteiger partial charge is 0.492 e. The SMILES string of the molecule is CCOc1ccccc1NC(=O)C(c1ccccc1)N1CCC(C(=O)NCCCOC(C)C)CC1. The van der Waals surface area contributed by atoms with Crippen molar-refractivity contribution in [3.63, 3.8) is 0 Å². The highest BCUT2D eigenvalue weighted by Crippen LogP contribution is 2.30. The van der Waals surface area contributed by atoms with Crippen LogP contribution >= 0.6 is 0 Å². The highest BCUT2D eigenvalue weighted by atomic mass is 16.5. The molecule has 0 saturated carbocycles. The van der Waals surface area contributed by atoms with Gasteiger partial charge >= 0.3 is 0 Å². The summed E-state index contributed by atoms with van der Waals surface area (Å²) in [4.78, 5) is 28.4. The normalized spacial score (nSPS) is 15.5. The number of hydrogen-bond acceptors (Lipinski definition) is 5. The average Bonchev–Trinajstić information content (AvgIpc) is 2.86. The van der Waals surface area contributed by atoms with Crippen LogP contribution in [0.5, 0.6) is 5.75 Å². The number of anilines is 1. The Bertz CT molecular complexity index is 927. The molecule has 0 spiro atoms. The monoisotopic (exact) mass is 481 g/mol. The van der Waals surface area contributed by atoms with E-state index in [0.717, 1.165) is 24.8 Å². The van der Waals surface area contributed by atoms with E-state index in [1.807, 2.05) is 75.4 Å². The number of para-hydroxylation sites is 2. The lowest BCUT2D eigenvalue weighted by molar-refractivity contribution is -0.127. The Balaban J connectivity index is 1.61. The quantitative estimate of drug-likeness (QED) is 0.439. The Morgan fingerprint density at radius 3 is 2.40 bits per heavy atom. The van der Waals surface area contributed by atoms with Gasteiger partial charge in [-0.3, -0.25) is 14.5 Å². The highest BCUT2D eigenvalue weighted by molar-refractivity contribution is 5.96. The molecule has 190 valence electrons. The maximum atomic E-state index is 13.5. The van der Waals surface area contributed by atoms with Crippen LogP contribution < -0.4 is 15.4 Å². The van der Waals surface area contributed by atoms with Crippen LogP contribution in [0.25, 0.3) is 0 Å². The van der Waals surface area contributed by atoms with Gasteiger partial charge in [-0.05, 0) is 70.8 Å². The summed E-state index contributed by atoms with van der Waals surface area (Å²) >= 11 is 0. The summed E-state index contributed by atoms with van der Waals surface area (Å²) in [6.45, 7) is 9.08. The van der Waals surface area contributed by atoms with Gasteiger partial charge in [-0.1, -0.05) is 42.5 Å². The summed E-state index contributed by atoms with van der Waals surface area (Å²) in [5, 5.41) is 6.12. The Morgan fingerprint density at radius 2 is 1.71 bits per heavy atom. The molecule has 2 amide bonds. The van der Waals surface area contributed by atoms with Gasteiger partial charge in [0.2, 0.25) is 11.8 Å². The lowest BCUT2D eigenvalue weighted by atomic mass is 9.93. The van der Waals surface area contributed by atoms with Crippen molar-refractivity contribution in [2.45, 2.75) is 52.2 Å². The second kappa shape index (κ2) is 13.9. The molecule has 2 aromatic rings. The fourth-order valence-corrected chi connectivity index (χ4v) is 4.38. The number of ether oxygens (including phenoxy) is 2. The summed E-state index contributed by atoms with van der Waals surface area (Å²) in [6.07, 6.45) is 2.46. The molecule has 3 rings (SSSR count). The summed E-state index contributed by atoms with van der Waals surface area (Å²) in [5.41, 5.74) is 1.60. The van der Waals surface area contributed by atoms with Gasteiger partial charge in [-0.15, -0.1) is 0 Å². The van der Waals surface area contributed by atoms with Gasteiger partial charge in [-0.25, -0.2) is 0 Å². The molecule has 0 aliphatic carbocycles. The molecule has 7 nitrogen and oxygen atoms in total. The van der Waals surface area contributed by atoms with Gasteiger partial charge in [-0.2, -0.15) is 0 Å². The van der Waals surface area contributed by atoms with Gasteiger partial charge < -0.3 is 20.1 Å². The summed E-state index contributed by atoms with van der Waals surface area (Å²) in [5.74, 6) is 0.622. The van der Waals surface area contributed by atoms with Gasteiger partial charge in [0.05, 0.1) is 18.4 Å². The molecule has 35 heavy (non-hydrogen) atoms. The third-order valence-electron chi connectivity index (χ3n) is 6.15. The van der Waals surface area contributed by atoms with E-state index in [1.165, 1.54) is 0 Å². The molecule has 2 aromatic carbocycles. The van der Waals surface area contributed by atoms with Crippen LogP contribution in [0.4, 0.5) is 5.69 Å².